The zero-order chi connectivity index (χ0) is 10.3. The summed E-state index contributed by atoms with van der Waals surface area (Å²) in [5, 5.41) is 13.1. The second kappa shape index (κ2) is 5.89. The smallest absolute Gasteiger partial charge is 0.315 e. The van der Waals surface area contributed by atoms with Gasteiger partial charge in [0.05, 0.1) is 13.0 Å². The molecule has 72 valence electrons. The van der Waals surface area contributed by atoms with Crippen LogP contribution in [0.15, 0.2) is 0 Å². The Kier molecular flexibility index (Phi) is 5.12. The fourth-order valence-corrected chi connectivity index (χ4v) is 0.719. The molecule has 13 heavy (non-hydrogen) atoms. The molecular formula is C8H12N2O3. The number of hydrogen-bond acceptors (Lipinski definition) is 2. The van der Waals surface area contributed by atoms with Crippen LogP contribution in [-0.4, -0.2) is 29.7 Å². The maximum Gasteiger partial charge on any atom is 0.315 e. The quantitative estimate of drug-likeness (QED) is 0.528. The molecule has 2 amide bonds. The number of aliphatic carboxylic acids is 1. The lowest BCUT2D eigenvalue weighted by Gasteiger charge is -2.10. The largest absolute Gasteiger partial charge is 0.481 e. The molecule has 0 saturated carbocycles. The standard InChI is InChI=1S/C8H12N2O3/c1-3-4-9-8(13)10-6(2)5-7(11)12/h1,6H,4-5H2,2H3,(H,11,12)(H2,9,10,13). The SMILES string of the molecule is C#CCNC(=O)NC(C)CC(=O)O. The molecule has 5 heteroatoms. The Balaban J connectivity index is 3.66. The topological polar surface area (TPSA) is 78.4 Å². The molecule has 0 rings (SSSR count). The molecule has 0 aromatic heterocycles. The summed E-state index contributed by atoms with van der Waals surface area (Å²) in [6, 6.07) is -0.859. The van der Waals surface area contributed by atoms with Gasteiger partial charge < -0.3 is 15.7 Å². The summed E-state index contributed by atoms with van der Waals surface area (Å²) in [4.78, 5) is 21.1. The van der Waals surface area contributed by atoms with Crippen molar-refractivity contribution in [1.82, 2.24) is 10.6 Å². The first-order chi connectivity index (χ1) is 6.06. The summed E-state index contributed by atoms with van der Waals surface area (Å²) < 4.78 is 0. The van der Waals surface area contributed by atoms with Gasteiger partial charge in [-0.25, -0.2) is 4.79 Å². The summed E-state index contributed by atoms with van der Waals surface area (Å²) in [5.41, 5.74) is 0. The zero-order valence-corrected chi connectivity index (χ0v) is 7.33. The van der Waals surface area contributed by atoms with E-state index in [4.69, 9.17) is 11.5 Å². The van der Waals surface area contributed by atoms with Crippen molar-refractivity contribution in [2.45, 2.75) is 19.4 Å². The maximum absolute atomic E-state index is 10.9. The lowest BCUT2D eigenvalue weighted by atomic mass is 10.2. The molecule has 0 saturated heterocycles. The minimum atomic E-state index is -0.954. The van der Waals surface area contributed by atoms with E-state index in [-0.39, 0.29) is 13.0 Å². The first-order valence-corrected chi connectivity index (χ1v) is 3.76. The lowest BCUT2D eigenvalue weighted by Crippen LogP contribution is -2.41. The van der Waals surface area contributed by atoms with Crippen molar-refractivity contribution in [3.05, 3.63) is 0 Å². The van der Waals surface area contributed by atoms with Crippen molar-refractivity contribution in [3.63, 3.8) is 0 Å². The van der Waals surface area contributed by atoms with Gasteiger partial charge in [0.25, 0.3) is 0 Å². The first-order valence-electron chi connectivity index (χ1n) is 3.76. The van der Waals surface area contributed by atoms with Gasteiger partial charge in [0.15, 0.2) is 0 Å². The van der Waals surface area contributed by atoms with Crippen LogP contribution in [0.3, 0.4) is 0 Å². The van der Waals surface area contributed by atoms with Crippen molar-refractivity contribution < 1.29 is 14.7 Å². The van der Waals surface area contributed by atoms with E-state index in [9.17, 15) is 9.59 Å². The number of rotatable bonds is 4. The second-order valence-corrected chi connectivity index (χ2v) is 2.53. The second-order valence-electron chi connectivity index (χ2n) is 2.53. The third-order valence-corrected chi connectivity index (χ3v) is 1.21. The fourth-order valence-electron chi connectivity index (χ4n) is 0.719. The summed E-state index contributed by atoms with van der Waals surface area (Å²) in [6.07, 6.45) is 4.79. The van der Waals surface area contributed by atoms with E-state index in [0.29, 0.717) is 0 Å². The number of carbonyl (C=O) groups is 2. The third-order valence-electron chi connectivity index (χ3n) is 1.21. The van der Waals surface area contributed by atoms with Crippen molar-refractivity contribution >= 4 is 12.0 Å². The van der Waals surface area contributed by atoms with Gasteiger partial charge in [0.1, 0.15) is 0 Å². The highest BCUT2D eigenvalue weighted by Gasteiger charge is 2.09. The number of terminal acetylenes is 1. The molecule has 0 spiro atoms. The van der Waals surface area contributed by atoms with E-state index >= 15 is 0 Å². The molecular weight excluding hydrogens is 172 g/mol. The van der Waals surface area contributed by atoms with E-state index in [2.05, 4.69) is 16.6 Å². The molecule has 0 aromatic carbocycles. The van der Waals surface area contributed by atoms with Crippen LogP contribution in [0.4, 0.5) is 4.79 Å². The summed E-state index contributed by atoms with van der Waals surface area (Å²) >= 11 is 0. The lowest BCUT2D eigenvalue weighted by molar-refractivity contribution is -0.137. The maximum atomic E-state index is 10.9. The zero-order valence-electron chi connectivity index (χ0n) is 7.33. The average molecular weight is 184 g/mol. The first kappa shape index (κ1) is 11.3. The third kappa shape index (κ3) is 6.69. The number of amides is 2. The monoisotopic (exact) mass is 184 g/mol. The normalized spacial score (nSPS) is 11.1. The predicted molar refractivity (Wildman–Crippen MR) is 47.1 cm³/mol. The van der Waals surface area contributed by atoms with Gasteiger partial charge in [-0.3, -0.25) is 4.79 Å². The minimum absolute atomic E-state index is 0.108. The molecule has 1 atom stereocenters. The number of urea groups is 1. The van der Waals surface area contributed by atoms with Crippen LogP contribution < -0.4 is 10.6 Å². The molecule has 0 aliphatic rings. The Morgan fingerprint density at radius 2 is 2.23 bits per heavy atom. The van der Waals surface area contributed by atoms with Crippen molar-refractivity contribution in [2.75, 3.05) is 6.54 Å². The van der Waals surface area contributed by atoms with E-state index in [1.165, 1.54) is 0 Å². The van der Waals surface area contributed by atoms with E-state index in [1.54, 1.807) is 6.92 Å². The molecule has 0 radical (unpaired) electrons. The number of carboxylic acid groups (broad SMARTS) is 1. The molecule has 3 N–H and O–H groups in total. The van der Waals surface area contributed by atoms with Crippen LogP contribution in [0.25, 0.3) is 0 Å². The average Bonchev–Trinajstić information content (AvgIpc) is 1.98. The number of carboxylic acids is 1. The van der Waals surface area contributed by atoms with E-state index < -0.39 is 18.0 Å². The van der Waals surface area contributed by atoms with Crippen LogP contribution >= 0.6 is 0 Å². The van der Waals surface area contributed by atoms with Gasteiger partial charge >= 0.3 is 12.0 Å². The molecule has 0 aliphatic heterocycles. The highest BCUT2D eigenvalue weighted by Crippen LogP contribution is 1.89. The Labute approximate surface area is 76.5 Å². The summed E-state index contributed by atoms with van der Waals surface area (Å²) in [6.45, 7) is 1.73. The minimum Gasteiger partial charge on any atom is -0.481 e. The molecule has 0 heterocycles. The molecule has 0 bridgehead atoms. The molecule has 1 unspecified atom stereocenters. The van der Waals surface area contributed by atoms with Crippen molar-refractivity contribution in [3.8, 4) is 12.3 Å². The predicted octanol–water partition coefficient (Wildman–Crippen LogP) is -0.218. The van der Waals surface area contributed by atoms with Crippen molar-refractivity contribution in [1.29, 1.82) is 0 Å². The number of nitrogens with one attached hydrogen (secondary N) is 2. The Hall–Kier alpha value is -1.70. The van der Waals surface area contributed by atoms with Crippen LogP contribution in [0.1, 0.15) is 13.3 Å². The Bertz CT molecular complexity index is 232. The van der Waals surface area contributed by atoms with Gasteiger partial charge in [0, 0.05) is 6.04 Å². The van der Waals surface area contributed by atoms with Crippen LogP contribution in [0.2, 0.25) is 0 Å². The van der Waals surface area contributed by atoms with Crippen LogP contribution in [-0.2, 0) is 4.79 Å². The van der Waals surface area contributed by atoms with Crippen molar-refractivity contribution in [2.24, 2.45) is 0 Å². The van der Waals surface area contributed by atoms with Gasteiger partial charge in [-0.05, 0) is 6.92 Å². The Morgan fingerprint density at radius 1 is 1.62 bits per heavy atom. The van der Waals surface area contributed by atoms with Gasteiger partial charge in [-0.1, -0.05) is 5.92 Å². The molecule has 0 fully saturated rings. The van der Waals surface area contributed by atoms with Crippen LogP contribution in [0.5, 0.6) is 0 Å². The molecule has 0 aromatic rings. The summed E-state index contributed by atoms with van der Waals surface area (Å²) in [5.74, 6) is 1.27. The number of carbonyl (C=O) groups excluding carboxylic acids is 1. The molecule has 0 aliphatic carbocycles. The number of hydrogen-bond donors (Lipinski definition) is 3. The van der Waals surface area contributed by atoms with Gasteiger partial charge in [-0.2, -0.15) is 0 Å². The van der Waals surface area contributed by atoms with Gasteiger partial charge in [-0.15, -0.1) is 6.42 Å². The fraction of sp³-hybridized carbons (Fsp3) is 0.500. The van der Waals surface area contributed by atoms with Gasteiger partial charge in [0.2, 0.25) is 0 Å². The summed E-state index contributed by atoms with van der Waals surface area (Å²) in [7, 11) is 0. The highest BCUT2D eigenvalue weighted by molar-refractivity contribution is 5.75. The Morgan fingerprint density at radius 3 is 2.69 bits per heavy atom. The van der Waals surface area contributed by atoms with E-state index in [1.807, 2.05) is 0 Å². The molecule has 5 nitrogen and oxygen atoms in total. The van der Waals surface area contributed by atoms with Crippen LogP contribution in [0, 0.1) is 12.3 Å². The van der Waals surface area contributed by atoms with E-state index in [0.717, 1.165) is 0 Å². The highest BCUT2D eigenvalue weighted by atomic mass is 16.4.